The lowest BCUT2D eigenvalue weighted by molar-refractivity contribution is -0.133. The Morgan fingerprint density at radius 3 is 2.74 bits per heavy atom. The van der Waals surface area contributed by atoms with Crippen molar-refractivity contribution in [2.24, 2.45) is 5.73 Å². The van der Waals surface area contributed by atoms with Crippen LogP contribution < -0.4 is 10.5 Å². The van der Waals surface area contributed by atoms with Gasteiger partial charge in [-0.1, -0.05) is 6.07 Å². The van der Waals surface area contributed by atoms with Gasteiger partial charge in [0.15, 0.2) is 0 Å². The predicted octanol–water partition coefficient (Wildman–Crippen LogP) is 1.02. The van der Waals surface area contributed by atoms with Crippen molar-refractivity contribution in [2.45, 2.75) is 12.5 Å². The summed E-state index contributed by atoms with van der Waals surface area (Å²) in [7, 11) is 0. The topological polar surface area (TPSA) is 110 Å². The van der Waals surface area contributed by atoms with Gasteiger partial charge in [-0.2, -0.15) is 0 Å². The van der Waals surface area contributed by atoms with E-state index in [1.54, 1.807) is 12.1 Å². The van der Waals surface area contributed by atoms with Crippen molar-refractivity contribution < 1.29 is 24.5 Å². The quantitative estimate of drug-likeness (QED) is 0.702. The molecule has 0 amide bonds. The summed E-state index contributed by atoms with van der Waals surface area (Å²) in [6.45, 7) is 0.518. The Balaban J connectivity index is 2.48. The Kier molecular flexibility index (Phi) is 3.52. The standard InChI is InChI=1S/C13H13NO5/c14-10-3-4-19-11-2-1-7(5-9(10)11)8(13(17)18)6-12(15)16/h1-2,5-6,10H,3-4,14H2,(H,15,16)(H,17,18)/b8-6+. The van der Waals surface area contributed by atoms with E-state index in [1.165, 1.54) is 6.07 Å². The average Bonchev–Trinajstić information content (AvgIpc) is 2.36. The summed E-state index contributed by atoms with van der Waals surface area (Å²) in [6, 6.07) is 4.47. The van der Waals surface area contributed by atoms with Gasteiger partial charge in [0.25, 0.3) is 0 Å². The minimum Gasteiger partial charge on any atom is -0.493 e. The van der Waals surface area contributed by atoms with Gasteiger partial charge in [-0.25, -0.2) is 9.59 Å². The molecule has 1 heterocycles. The first-order valence-corrected chi connectivity index (χ1v) is 5.69. The van der Waals surface area contributed by atoms with Crippen molar-refractivity contribution in [3.05, 3.63) is 35.4 Å². The zero-order valence-corrected chi connectivity index (χ0v) is 10.00. The van der Waals surface area contributed by atoms with E-state index in [1.807, 2.05) is 0 Å². The van der Waals surface area contributed by atoms with Gasteiger partial charge >= 0.3 is 11.9 Å². The van der Waals surface area contributed by atoms with Crippen LogP contribution in [0, 0.1) is 0 Å². The van der Waals surface area contributed by atoms with E-state index in [0.29, 0.717) is 36.0 Å². The number of hydrogen-bond acceptors (Lipinski definition) is 4. The molecule has 0 aliphatic carbocycles. The van der Waals surface area contributed by atoms with Crippen LogP contribution in [0.1, 0.15) is 23.6 Å². The summed E-state index contributed by atoms with van der Waals surface area (Å²) in [4.78, 5) is 21.7. The number of carboxylic acids is 2. The molecule has 0 bridgehead atoms. The second-order valence-corrected chi connectivity index (χ2v) is 4.20. The molecule has 1 aliphatic rings. The molecule has 6 nitrogen and oxygen atoms in total. The van der Waals surface area contributed by atoms with Crippen LogP contribution >= 0.6 is 0 Å². The van der Waals surface area contributed by atoms with Crippen LogP contribution in [0.4, 0.5) is 0 Å². The van der Waals surface area contributed by atoms with Gasteiger partial charge in [0, 0.05) is 24.1 Å². The van der Waals surface area contributed by atoms with Gasteiger partial charge in [-0.05, 0) is 17.7 Å². The Hall–Kier alpha value is -2.34. The highest BCUT2D eigenvalue weighted by Crippen LogP contribution is 2.32. The van der Waals surface area contributed by atoms with Crippen LogP contribution in [0.25, 0.3) is 5.57 Å². The molecule has 2 rings (SSSR count). The first-order chi connectivity index (χ1) is 8.99. The molecule has 1 aliphatic heterocycles. The van der Waals surface area contributed by atoms with Gasteiger partial charge in [0.05, 0.1) is 12.2 Å². The van der Waals surface area contributed by atoms with E-state index in [9.17, 15) is 9.59 Å². The Morgan fingerprint density at radius 2 is 2.11 bits per heavy atom. The molecule has 6 heteroatoms. The van der Waals surface area contributed by atoms with Crippen LogP contribution in [0.2, 0.25) is 0 Å². The Bertz CT molecular complexity index is 564. The molecule has 0 fully saturated rings. The number of ether oxygens (including phenoxy) is 1. The largest absolute Gasteiger partial charge is 0.493 e. The number of fused-ring (bicyclic) bond motifs is 1. The van der Waals surface area contributed by atoms with E-state index in [-0.39, 0.29) is 11.6 Å². The highest BCUT2D eigenvalue weighted by atomic mass is 16.5. The number of carboxylic acid groups (broad SMARTS) is 2. The van der Waals surface area contributed by atoms with Crippen molar-refractivity contribution in [3.8, 4) is 5.75 Å². The maximum absolute atomic E-state index is 11.1. The summed E-state index contributed by atoms with van der Waals surface area (Å²) in [5.41, 5.74) is 6.64. The molecule has 1 unspecified atom stereocenters. The van der Waals surface area contributed by atoms with Crippen molar-refractivity contribution in [1.82, 2.24) is 0 Å². The lowest BCUT2D eigenvalue weighted by Crippen LogP contribution is -2.20. The number of carbonyl (C=O) groups is 2. The summed E-state index contributed by atoms with van der Waals surface area (Å²) >= 11 is 0. The van der Waals surface area contributed by atoms with Gasteiger partial charge < -0.3 is 20.7 Å². The molecule has 100 valence electrons. The lowest BCUT2D eigenvalue weighted by atomic mass is 9.96. The van der Waals surface area contributed by atoms with Crippen molar-refractivity contribution in [3.63, 3.8) is 0 Å². The second-order valence-electron chi connectivity index (χ2n) is 4.20. The molecule has 0 saturated heterocycles. The molecular formula is C13H13NO5. The molecule has 1 aromatic rings. The molecule has 19 heavy (non-hydrogen) atoms. The third-order valence-electron chi connectivity index (χ3n) is 2.90. The fourth-order valence-electron chi connectivity index (χ4n) is 1.98. The fourth-order valence-corrected chi connectivity index (χ4v) is 1.98. The number of aliphatic carboxylic acids is 2. The van der Waals surface area contributed by atoms with Crippen molar-refractivity contribution in [1.29, 1.82) is 0 Å². The number of hydrogen-bond donors (Lipinski definition) is 3. The molecule has 0 saturated carbocycles. The Morgan fingerprint density at radius 1 is 1.37 bits per heavy atom. The normalized spacial score (nSPS) is 18.4. The SMILES string of the molecule is NC1CCOc2ccc(/C(=C\C(=O)O)C(=O)O)cc21. The van der Waals surface area contributed by atoms with Gasteiger partial charge in [0.1, 0.15) is 5.75 Å². The van der Waals surface area contributed by atoms with Crippen LogP contribution in [-0.2, 0) is 9.59 Å². The van der Waals surface area contributed by atoms with E-state index >= 15 is 0 Å². The summed E-state index contributed by atoms with van der Waals surface area (Å²) in [6.07, 6.45) is 1.31. The number of nitrogens with two attached hydrogens (primary N) is 1. The minimum absolute atomic E-state index is 0.233. The van der Waals surface area contributed by atoms with E-state index in [0.717, 1.165) is 0 Å². The molecule has 0 radical (unpaired) electrons. The first kappa shape index (κ1) is 13.1. The first-order valence-electron chi connectivity index (χ1n) is 5.69. The van der Waals surface area contributed by atoms with Crippen molar-refractivity contribution >= 4 is 17.5 Å². The Labute approximate surface area is 109 Å². The van der Waals surface area contributed by atoms with Crippen molar-refractivity contribution in [2.75, 3.05) is 6.61 Å². The van der Waals surface area contributed by atoms with Gasteiger partial charge in [-0.15, -0.1) is 0 Å². The lowest BCUT2D eigenvalue weighted by Gasteiger charge is -2.23. The van der Waals surface area contributed by atoms with Gasteiger partial charge in [0.2, 0.25) is 0 Å². The van der Waals surface area contributed by atoms with Crippen LogP contribution in [0.5, 0.6) is 5.75 Å². The zero-order chi connectivity index (χ0) is 14.0. The van der Waals surface area contributed by atoms with Crippen LogP contribution in [0.15, 0.2) is 24.3 Å². The molecule has 0 spiro atoms. The maximum Gasteiger partial charge on any atom is 0.336 e. The van der Waals surface area contributed by atoms with E-state index < -0.39 is 11.9 Å². The van der Waals surface area contributed by atoms with Crippen LogP contribution in [-0.4, -0.2) is 28.8 Å². The third kappa shape index (κ3) is 2.74. The minimum atomic E-state index is -1.31. The summed E-state index contributed by atoms with van der Waals surface area (Å²) < 4.78 is 5.41. The average molecular weight is 263 g/mol. The fraction of sp³-hybridized carbons (Fsp3) is 0.231. The van der Waals surface area contributed by atoms with Crippen LogP contribution in [0.3, 0.4) is 0 Å². The highest BCUT2D eigenvalue weighted by Gasteiger charge is 2.21. The predicted molar refractivity (Wildman–Crippen MR) is 66.7 cm³/mol. The maximum atomic E-state index is 11.1. The molecule has 1 aromatic carbocycles. The zero-order valence-electron chi connectivity index (χ0n) is 10.00. The third-order valence-corrected chi connectivity index (χ3v) is 2.90. The summed E-state index contributed by atoms with van der Waals surface area (Å²) in [5, 5.41) is 17.7. The smallest absolute Gasteiger partial charge is 0.336 e. The van der Waals surface area contributed by atoms with E-state index in [4.69, 9.17) is 20.7 Å². The highest BCUT2D eigenvalue weighted by molar-refractivity contribution is 6.19. The second kappa shape index (κ2) is 5.11. The molecule has 0 aromatic heterocycles. The molecule has 4 N–H and O–H groups in total. The summed E-state index contributed by atoms with van der Waals surface area (Å²) in [5.74, 6) is -1.99. The molecule has 1 atom stereocenters. The van der Waals surface area contributed by atoms with Gasteiger partial charge in [-0.3, -0.25) is 0 Å². The number of rotatable bonds is 3. The number of benzene rings is 1. The van der Waals surface area contributed by atoms with E-state index in [2.05, 4.69) is 0 Å². The molecular weight excluding hydrogens is 250 g/mol. The monoisotopic (exact) mass is 263 g/mol.